The molecule has 1 heterocycles. The zero-order chi connectivity index (χ0) is 13.4. The van der Waals surface area contributed by atoms with E-state index in [0.29, 0.717) is 18.8 Å². The van der Waals surface area contributed by atoms with Crippen molar-refractivity contribution in [2.45, 2.75) is 32.9 Å². The van der Waals surface area contributed by atoms with E-state index >= 15 is 0 Å². The molecular weight excluding hydrogens is 230 g/mol. The molecule has 0 aromatic carbocycles. The molecule has 5 heteroatoms. The second-order valence-electron chi connectivity index (χ2n) is 4.11. The van der Waals surface area contributed by atoms with Gasteiger partial charge in [0.15, 0.2) is 0 Å². The number of nitrogens with zero attached hydrogens (tertiary/aromatic N) is 1. The number of aromatic nitrogens is 1. The van der Waals surface area contributed by atoms with E-state index in [1.165, 1.54) is 0 Å². The van der Waals surface area contributed by atoms with Gasteiger partial charge in [-0.1, -0.05) is 13.0 Å². The monoisotopic (exact) mass is 251 g/mol. The second-order valence-corrected chi connectivity index (χ2v) is 4.11. The molecule has 1 atom stereocenters. The molecule has 0 radical (unpaired) electrons. The minimum absolute atomic E-state index is 0.0226. The fraction of sp³-hybridized carbons (Fsp3) is 0.538. The standard InChI is InChI=1S/C13H21N3O2/c1-4-14-10(2)8-12(17)16-9-11-6-5-7-15-13(11)18-3/h5-7,10,14H,4,8-9H2,1-3H3,(H,16,17). The van der Waals surface area contributed by atoms with Crippen molar-refractivity contribution in [2.24, 2.45) is 0 Å². The van der Waals surface area contributed by atoms with Crippen LogP contribution in [0.1, 0.15) is 25.8 Å². The first-order valence-corrected chi connectivity index (χ1v) is 6.15. The molecule has 1 aromatic rings. The Morgan fingerprint density at radius 3 is 3.00 bits per heavy atom. The van der Waals surface area contributed by atoms with Crippen molar-refractivity contribution in [2.75, 3.05) is 13.7 Å². The lowest BCUT2D eigenvalue weighted by atomic mass is 10.2. The summed E-state index contributed by atoms with van der Waals surface area (Å²) in [5, 5.41) is 6.06. The summed E-state index contributed by atoms with van der Waals surface area (Å²) in [6.45, 7) is 5.32. The topological polar surface area (TPSA) is 63.2 Å². The SMILES string of the molecule is CCNC(C)CC(=O)NCc1cccnc1OC. The van der Waals surface area contributed by atoms with Gasteiger partial charge in [0.2, 0.25) is 11.8 Å². The second kappa shape index (κ2) is 7.66. The highest BCUT2D eigenvalue weighted by atomic mass is 16.5. The summed E-state index contributed by atoms with van der Waals surface area (Å²) in [4.78, 5) is 15.8. The maximum absolute atomic E-state index is 11.7. The molecule has 5 nitrogen and oxygen atoms in total. The Labute approximate surface area is 108 Å². The molecule has 1 rings (SSSR count). The Morgan fingerprint density at radius 1 is 1.56 bits per heavy atom. The van der Waals surface area contributed by atoms with Crippen molar-refractivity contribution in [3.63, 3.8) is 0 Å². The summed E-state index contributed by atoms with van der Waals surface area (Å²) in [6.07, 6.45) is 2.13. The number of rotatable bonds is 7. The van der Waals surface area contributed by atoms with Crippen LogP contribution in [0.25, 0.3) is 0 Å². The van der Waals surface area contributed by atoms with Gasteiger partial charge >= 0.3 is 0 Å². The molecule has 0 aliphatic heterocycles. The lowest BCUT2D eigenvalue weighted by Crippen LogP contribution is -2.33. The van der Waals surface area contributed by atoms with Gasteiger partial charge in [0.1, 0.15) is 0 Å². The molecule has 2 N–H and O–H groups in total. The number of hydrogen-bond acceptors (Lipinski definition) is 4. The van der Waals surface area contributed by atoms with Crippen LogP contribution in [0.2, 0.25) is 0 Å². The molecule has 0 saturated carbocycles. The van der Waals surface area contributed by atoms with Gasteiger partial charge in [-0.15, -0.1) is 0 Å². The first-order valence-electron chi connectivity index (χ1n) is 6.15. The Morgan fingerprint density at radius 2 is 2.33 bits per heavy atom. The number of nitrogens with one attached hydrogen (secondary N) is 2. The quantitative estimate of drug-likeness (QED) is 0.761. The zero-order valence-electron chi connectivity index (χ0n) is 11.2. The third-order valence-electron chi connectivity index (χ3n) is 2.56. The molecule has 1 amide bonds. The predicted molar refractivity (Wildman–Crippen MR) is 70.4 cm³/mol. The van der Waals surface area contributed by atoms with Gasteiger partial charge in [-0.3, -0.25) is 4.79 Å². The van der Waals surface area contributed by atoms with Crippen LogP contribution in [0.5, 0.6) is 5.88 Å². The summed E-state index contributed by atoms with van der Waals surface area (Å²) in [5.41, 5.74) is 0.879. The van der Waals surface area contributed by atoms with Crippen molar-refractivity contribution < 1.29 is 9.53 Å². The van der Waals surface area contributed by atoms with Gasteiger partial charge in [0, 0.05) is 30.8 Å². The molecule has 0 aliphatic rings. The third-order valence-corrected chi connectivity index (χ3v) is 2.56. The Kier molecular flexibility index (Phi) is 6.14. The molecule has 1 unspecified atom stereocenters. The number of amides is 1. The largest absolute Gasteiger partial charge is 0.481 e. The number of pyridine rings is 1. The smallest absolute Gasteiger partial charge is 0.221 e. The van der Waals surface area contributed by atoms with Gasteiger partial charge in [-0.2, -0.15) is 0 Å². The highest BCUT2D eigenvalue weighted by molar-refractivity contribution is 5.76. The molecule has 100 valence electrons. The van der Waals surface area contributed by atoms with Crippen LogP contribution in [-0.2, 0) is 11.3 Å². The first kappa shape index (κ1) is 14.4. The number of carbonyl (C=O) groups is 1. The molecule has 0 bridgehead atoms. The summed E-state index contributed by atoms with van der Waals surface area (Å²) in [7, 11) is 1.57. The maximum atomic E-state index is 11.7. The average Bonchev–Trinajstić information content (AvgIpc) is 2.37. The van der Waals surface area contributed by atoms with E-state index in [4.69, 9.17) is 4.74 Å². The van der Waals surface area contributed by atoms with Crippen LogP contribution in [-0.4, -0.2) is 30.6 Å². The van der Waals surface area contributed by atoms with Crippen molar-refractivity contribution in [1.29, 1.82) is 0 Å². The summed E-state index contributed by atoms with van der Waals surface area (Å²) in [5.74, 6) is 0.576. The highest BCUT2D eigenvalue weighted by Gasteiger charge is 2.09. The fourth-order valence-corrected chi connectivity index (χ4v) is 1.71. The molecule has 0 aliphatic carbocycles. The number of hydrogen-bond donors (Lipinski definition) is 2. The van der Waals surface area contributed by atoms with Gasteiger partial charge in [0.25, 0.3) is 0 Å². The van der Waals surface area contributed by atoms with Crippen LogP contribution in [0.4, 0.5) is 0 Å². The minimum atomic E-state index is 0.0226. The molecule has 0 spiro atoms. The van der Waals surface area contributed by atoms with Gasteiger partial charge in [-0.25, -0.2) is 4.98 Å². The van der Waals surface area contributed by atoms with Crippen LogP contribution in [0.3, 0.4) is 0 Å². The van der Waals surface area contributed by atoms with E-state index in [9.17, 15) is 4.79 Å². The van der Waals surface area contributed by atoms with E-state index in [-0.39, 0.29) is 11.9 Å². The minimum Gasteiger partial charge on any atom is -0.481 e. The van der Waals surface area contributed by atoms with Gasteiger partial charge in [0.05, 0.1) is 7.11 Å². The van der Waals surface area contributed by atoms with Crippen molar-refractivity contribution in [3.05, 3.63) is 23.9 Å². The average molecular weight is 251 g/mol. The first-order chi connectivity index (χ1) is 8.67. The van der Waals surface area contributed by atoms with Crippen molar-refractivity contribution >= 4 is 5.91 Å². The molecular formula is C13H21N3O2. The molecule has 0 saturated heterocycles. The third kappa shape index (κ3) is 4.71. The van der Waals surface area contributed by atoms with Crippen molar-refractivity contribution in [3.8, 4) is 5.88 Å². The van der Waals surface area contributed by atoms with E-state index in [1.807, 2.05) is 26.0 Å². The van der Waals surface area contributed by atoms with Crippen molar-refractivity contribution in [1.82, 2.24) is 15.6 Å². The van der Waals surface area contributed by atoms with Crippen LogP contribution in [0.15, 0.2) is 18.3 Å². The van der Waals surface area contributed by atoms with Gasteiger partial charge < -0.3 is 15.4 Å². The lowest BCUT2D eigenvalue weighted by molar-refractivity contribution is -0.121. The molecule has 0 fully saturated rings. The lowest BCUT2D eigenvalue weighted by Gasteiger charge is -2.12. The highest BCUT2D eigenvalue weighted by Crippen LogP contribution is 2.12. The molecule has 18 heavy (non-hydrogen) atoms. The van der Waals surface area contributed by atoms with Crippen LogP contribution < -0.4 is 15.4 Å². The number of methoxy groups -OCH3 is 1. The number of carbonyl (C=O) groups excluding carboxylic acids is 1. The zero-order valence-corrected chi connectivity index (χ0v) is 11.2. The Bertz CT molecular complexity index is 382. The van der Waals surface area contributed by atoms with Crippen LogP contribution in [0, 0.1) is 0 Å². The maximum Gasteiger partial charge on any atom is 0.221 e. The van der Waals surface area contributed by atoms with Crippen LogP contribution >= 0.6 is 0 Å². The molecule has 1 aromatic heterocycles. The normalized spacial score (nSPS) is 11.9. The number of ether oxygens (including phenoxy) is 1. The predicted octanol–water partition coefficient (Wildman–Crippen LogP) is 1.09. The van der Waals surface area contributed by atoms with E-state index in [0.717, 1.165) is 12.1 Å². The van der Waals surface area contributed by atoms with E-state index < -0.39 is 0 Å². The van der Waals surface area contributed by atoms with E-state index in [1.54, 1.807) is 13.3 Å². The van der Waals surface area contributed by atoms with Gasteiger partial charge in [-0.05, 0) is 19.5 Å². The fourth-order valence-electron chi connectivity index (χ4n) is 1.71. The summed E-state index contributed by atoms with van der Waals surface area (Å²) >= 11 is 0. The van der Waals surface area contributed by atoms with E-state index in [2.05, 4.69) is 15.6 Å². The summed E-state index contributed by atoms with van der Waals surface area (Å²) in [6, 6.07) is 3.90. The Hall–Kier alpha value is -1.62. The summed E-state index contributed by atoms with van der Waals surface area (Å²) < 4.78 is 5.12. The Balaban J connectivity index is 2.42.